The minimum atomic E-state index is 0.701. The van der Waals surface area contributed by atoms with Gasteiger partial charge in [-0.25, -0.2) is 0 Å². The predicted octanol–water partition coefficient (Wildman–Crippen LogP) is 4.50. The molecular weight excluding hydrogens is 284 g/mol. The predicted molar refractivity (Wildman–Crippen MR) is 98.3 cm³/mol. The molecule has 0 N–H and O–H groups in total. The zero-order valence-corrected chi connectivity index (χ0v) is 14.8. The van der Waals surface area contributed by atoms with E-state index < -0.39 is 0 Å². The highest BCUT2D eigenvalue weighted by Gasteiger charge is 2.03. The van der Waals surface area contributed by atoms with E-state index in [2.05, 4.69) is 48.0 Å². The van der Waals surface area contributed by atoms with Gasteiger partial charge in [-0.2, -0.15) is 0 Å². The van der Waals surface area contributed by atoms with Crippen LogP contribution in [0.2, 0.25) is 0 Å². The van der Waals surface area contributed by atoms with Crippen LogP contribution in [0, 0.1) is 6.92 Å². The lowest BCUT2D eigenvalue weighted by Gasteiger charge is -2.13. The number of ether oxygens (including phenoxy) is 1. The number of rotatable bonds is 6. The van der Waals surface area contributed by atoms with Crippen LogP contribution < -0.4 is 9.64 Å². The molecule has 1 heterocycles. The number of hydrogen-bond donors (Lipinski definition) is 0. The van der Waals surface area contributed by atoms with E-state index in [1.165, 1.54) is 16.7 Å². The van der Waals surface area contributed by atoms with Crippen molar-refractivity contribution in [2.24, 2.45) is 0 Å². The number of pyridine rings is 1. The molecule has 2 aromatic rings. The van der Waals surface area contributed by atoms with Crippen molar-refractivity contribution < 1.29 is 4.74 Å². The highest BCUT2D eigenvalue weighted by atomic mass is 16.5. The molecule has 122 valence electrons. The number of allylic oxidation sites excluding steroid dienone is 1. The molecule has 0 aliphatic heterocycles. The van der Waals surface area contributed by atoms with E-state index in [1.54, 1.807) is 0 Å². The largest absolute Gasteiger partial charge is 0.494 e. The van der Waals surface area contributed by atoms with E-state index in [1.807, 2.05) is 39.3 Å². The molecule has 0 aliphatic carbocycles. The van der Waals surface area contributed by atoms with Crippen molar-refractivity contribution in [3.05, 3.63) is 58.9 Å². The van der Waals surface area contributed by atoms with Gasteiger partial charge in [0.25, 0.3) is 0 Å². The maximum Gasteiger partial charge on any atom is 0.119 e. The summed E-state index contributed by atoms with van der Waals surface area (Å²) in [7, 11) is 4.07. The van der Waals surface area contributed by atoms with Crippen molar-refractivity contribution in [1.29, 1.82) is 0 Å². The van der Waals surface area contributed by atoms with E-state index in [9.17, 15) is 0 Å². The number of aryl methyl sites for hydroxylation is 1. The smallest absolute Gasteiger partial charge is 0.119 e. The van der Waals surface area contributed by atoms with Crippen LogP contribution in [0.15, 0.2) is 42.1 Å². The summed E-state index contributed by atoms with van der Waals surface area (Å²) in [5.74, 6) is 0.927. The third-order valence-corrected chi connectivity index (χ3v) is 3.75. The lowest BCUT2D eigenvalue weighted by atomic mass is 10.0. The molecule has 3 heteroatoms. The van der Waals surface area contributed by atoms with Crippen molar-refractivity contribution in [1.82, 2.24) is 4.98 Å². The fourth-order valence-corrected chi connectivity index (χ4v) is 2.44. The first-order valence-corrected chi connectivity index (χ1v) is 8.02. The molecule has 23 heavy (non-hydrogen) atoms. The van der Waals surface area contributed by atoms with Gasteiger partial charge in [-0.15, -0.1) is 0 Å². The standard InChI is InChI=1S/C20H26N2O/c1-6-23-20-9-7-17(8-10-20)11-15(2)12-18-13-19(22(4)5)14-21-16(18)3/h7-10,12-14H,6,11H2,1-5H3/b15-12+. The van der Waals surface area contributed by atoms with E-state index >= 15 is 0 Å². The maximum absolute atomic E-state index is 5.49. The molecule has 1 aromatic carbocycles. The van der Waals surface area contributed by atoms with Gasteiger partial charge in [-0.3, -0.25) is 4.98 Å². The first-order valence-electron chi connectivity index (χ1n) is 8.02. The van der Waals surface area contributed by atoms with Crippen LogP contribution in [-0.4, -0.2) is 25.7 Å². The fraction of sp³-hybridized carbons (Fsp3) is 0.350. The average molecular weight is 310 g/mol. The second-order valence-electron chi connectivity index (χ2n) is 6.01. The number of benzene rings is 1. The Balaban J connectivity index is 2.14. The third-order valence-electron chi connectivity index (χ3n) is 3.75. The summed E-state index contributed by atoms with van der Waals surface area (Å²) >= 11 is 0. The summed E-state index contributed by atoms with van der Waals surface area (Å²) in [5, 5.41) is 0. The third kappa shape index (κ3) is 4.85. The van der Waals surface area contributed by atoms with Gasteiger partial charge in [-0.05, 0) is 56.5 Å². The van der Waals surface area contributed by atoms with E-state index in [4.69, 9.17) is 4.74 Å². The Kier molecular flexibility index (Phi) is 5.80. The van der Waals surface area contributed by atoms with Crippen molar-refractivity contribution in [3.8, 4) is 5.75 Å². The number of anilines is 1. The summed E-state index contributed by atoms with van der Waals surface area (Å²) in [6.07, 6.45) is 5.07. The Morgan fingerprint density at radius 3 is 2.52 bits per heavy atom. The minimum Gasteiger partial charge on any atom is -0.494 e. The molecular formula is C20H26N2O. The molecule has 3 nitrogen and oxygen atoms in total. The molecule has 0 spiro atoms. The molecule has 2 rings (SSSR count). The molecule has 0 fully saturated rings. The SMILES string of the molecule is CCOc1ccc(C/C(C)=C/c2cc(N(C)C)cnc2C)cc1. The van der Waals surface area contributed by atoms with E-state index in [0.717, 1.165) is 23.6 Å². The molecule has 0 aliphatic rings. The Bertz CT molecular complexity index is 673. The van der Waals surface area contributed by atoms with Gasteiger partial charge >= 0.3 is 0 Å². The van der Waals surface area contributed by atoms with Crippen LogP contribution in [0.3, 0.4) is 0 Å². The van der Waals surface area contributed by atoms with Gasteiger partial charge in [0, 0.05) is 19.8 Å². The van der Waals surface area contributed by atoms with Crippen molar-refractivity contribution in [2.45, 2.75) is 27.2 Å². The maximum atomic E-state index is 5.49. The van der Waals surface area contributed by atoms with Crippen LogP contribution in [0.25, 0.3) is 6.08 Å². The van der Waals surface area contributed by atoms with Crippen LogP contribution in [0.1, 0.15) is 30.7 Å². The van der Waals surface area contributed by atoms with Crippen LogP contribution in [-0.2, 0) is 6.42 Å². The second-order valence-corrected chi connectivity index (χ2v) is 6.01. The molecule has 0 radical (unpaired) electrons. The zero-order valence-electron chi connectivity index (χ0n) is 14.8. The second kappa shape index (κ2) is 7.82. The topological polar surface area (TPSA) is 25.4 Å². The molecule has 0 amide bonds. The lowest BCUT2D eigenvalue weighted by molar-refractivity contribution is 0.340. The fourth-order valence-electron chi connectivity index (χ4n) is 2.44. The zero-order chi connectivity index (χ0) is 16.8. The van der Waals surface area contributed by atoms with Gasteiger partial charge in [0.2, 0.25) is 0 Å². The first-order chi connectivity index (χ1) is 11.0. The number of hydrogen-bond acceptors (Lipinski definition) is 3. The Morgan fingerprint density at radius 1 is 1.22 bits per heavy atom. The highest BCUT2D eigenvalue weighted by Crippen LogP contribution is 2.20. The molecule has 0 atom stereocenters. The van der Waals surface area contributed by atoms with Crippen molar-refractivity contribution in [2.75, 3.05) is 25.6 Å². The summed E-state index contributed by atoms with van der Waals surface area (Å²) in [4.78, 5) is 6.56. The molecule has 0 saturated heterocycles. The van der Waals surface area contributed by atoms with Gasteiger partial charge in [0.1, 0.15) is 5.75 Å². The minimum absolute atomic E-state index is 0.701. The van der Waals surface area contributed by atoms with Crippen LogP contribution in [0.5, 0.6) is 5.75 Å². The van der Waals surface area contributed by atoms with Gasteiger partial charge in [0.15, 0.2) is 0 Å². The number of nitrogens with zero attached hydrogens (tertiary/aromatic N) is 2. The van der Waals surface area contributed by atoms with Crippen LogP contribution in [0.4, 0.5) is 5.69 Å². The van der Waals surface area contributed by atoms with Crippen LogP contribution >= 0.6 is 0 Å². The Morgan fingerprint density at radius 2 is 1.91 bits per heavy atom. The number of aromatic nitrogens is 1. The lowest BCUT2D eigenvalue weighted by Crippen LogP contribution is -2.09. The Hall–Kier alpha value is -2.29. The highest BCUT2D eigenvalue weighted by molar-refractivity contribution is 5.60. The monoisotopic (exact) mass is 310 g/mol. The molecule has 1 aromatic heterocycles. The van der Waals surface area contributed by atoms with Crippen molar-refractivity contribution in [3.63, 3.8) is 0 Å². The summed E-state index contributed by atoms with van der Waals surface area (Å²) < 4.78 is 5.49. The van der Waals surface area contributed by atoms with E-state index in [0.29, 0.717) is 6.61 Å². The van der Waals surface area contributed by atoms with Gasteiger partial charge in [-0.1, -0.05) is 23.8 Å². The quantitative estimate of drug-likeness (QED) is 0.785. The summed E-state index contributed by atoms with van der Waals surface area (Å²) in [6, 6.07) is 10.5. The molecule has 0 unspecified atom stereocenters. The van der Waals surface area contributed by atoms with E-state index in [-0.39, 0.29) is 0 Å². The van der Waals surface area contributed by atoms with Gasteiger partial charge in [0.05, 0.1) is 18.5 Å². The van der Waals surface area contributed by atoms with Crippen molar-refractivity contribution >= 4 is 11.8 Å². The normalized spacial score (nSPS) is 11.4. The first kappa shape index (κ1) is 17.1. The molecule has 0 saturated carbocycles. The summed E-state index contributed by atoms with van der Waals surface area (Å²) in [6.45, 7) is 6.92. The summed E-state index contributed by atoms with van der Waals surface area (Å²) in [5.41, 5.74) is 5.96. The van der Waals surface area contributed by atoms with Gasteiger partial charge < -0.3 is 9.64 Å². The Labute approximate surface area is 139 Å². The molecule has 0 bridgehead atoms. The average Bonchev–Trinajstić information content (AvgIpc) is 2.51.